The second-order valence-electron chi connectivity index (χ2n) is 4.51. The molecule has 0 aliphatic carbocycles. The van der Waals surface area contributed by atoms with E-state index in [1.807, 2.05) is 26.0 Å². The third-order valence-electron chi connectivity index (χ3n) is 3.10. The number of nitrogens with zero attached hydrogens (tertiary/aromatic N) is 1. The van der Waals surface area contributed by atoms with E-state index >= 15 is 0 Å². The minimum absolute atomic E-state index is 0.186. The van der Waals surface area contributed by atoms with E-state index in [1.54, 1.807) is 13.1 Å². The highest BCUT2D eigenvalue weighted by Gasteiger charge is 2.21. The number of hydrogen-bond acceptors (Lipinski definition) is 4. The van der Waals surface area contributed by atoms with Crippen molar-refractivity contribution in [3.8, 4) is 0 Å². The maximum atomic E-state index is 10.7. The summed E-state index contributed by atoms with van der Waals surface area (Å²) in [5.41, 5.74) is 3.36. The van der Waals surface area contributed by atoms with Gasteiger partial charge in [0, 0.05) is 0 Å². The van der Waals surface area contributed by atoms with Gasteiger partial charge in [-0.25, -0.2) is 0 Å². The van der Waals surface area contributed by atoms with E-state index in [0.29, 0.717) is 5.76 Å². The molecular formula is C14H16N2O3. The Labute approximate surface area is 111 Å². The van der Waals surface area contributed by atoms with Crippen molar-refractivity contribution in [1.82, 2.24) is 5.32 Å². The third kappa shape index (κ3) is 2.66. The van der Waals surface area contributed by atoms with Crippen LogP contribution in [-0.4, -0.2) is 12.0 Å². The molecule has 19 heavy (non-hydrogen) atoms. The van der Waals surface area contributed by atoms with Gasteiger partial charge in [0.1, 0.15) is 10.7 Å². The first kappa shape index (κ1) is 13.3. The van der Waals surface area contributed by atoms with Crippen molar-refractivity contribution in [1.29, 1.82) is 0 Å². The lowest BCUT2D eigenvalue weighted by Crippen LogP contribution is -2.18. The smallest absolute Gasteiger partial charge is 0.404 e. The van der Waals surface area contributed by atoms with Crippen LogP contribution in [0.1, 0.15) is 28.5 Å². The molecule has 0 amide bonds. The van der Waals surface area contributed by atoms with E-state index in [2.05, 4.69) is 11.4 Å². The van der Waals surface area contributed by atoms with Crippen LogP contribution in [0.25, 0.3) is 0 Å². The molecule has 0 bridgehead atoms. The van der Waals surface area contributed by atoms with Crippen LogP contribution < -0.4 is 5.32 Å². The molecule has 1 unspecified atom stereocenters. The lowest BCUT2D eigenvalue weighted by Gasteiger charge is -2.16. The average molecular weight is 260 g/mol. The number of aryl methyl sites for hydroxylation is 2. The summed E-state index contributed by atoms with van der Waals surface area (Å²) in [6.07, 6.45) is 0. The van der Waals surface area contributed by atoms with Crippen molar-refractivity contribution >= 4 is 5.88 Å². The molecule has 100 valence electrons. The van der Waals surface area contributed by atoms with Crippen molar-refractivity contribution in [2.75, 3.05) is 7.05 Å². The van der Waals surface area contributed by atoms with Crippen LogP contribution in [0.5, 0.6) is 0 Å². The minimum Gasteiger partial charge on any atom is -0.404 e. The van der Waals surface area contributed by atoms with Gasteiger partial charge in [0.25, 0.3) is 0 Å². The number of furan rings is 1. The van der Waals surface area contributed by atoms with Crippen LogP contribution in [-0.2, 0) is 0 Å². The molecule has 0 aliphatic rings. The summed E-state index contributed by atoms with van der Waals surface area (Å²) in [4.78, 5) is 10.1. The van der Waals surface area contributed by atoms with Crippen LogP contribution in [0.2, 0.25) is 0 Å². The van der Waals surface area contributed by atoms with Gasteiger partial charge in [0.15, 0.2) is 0 Å². The van der Waals surface area contributed by atoms with E-state index in [-0.39, 0.29) is 11.9 Å². The van der Waals surface area contributed by atoms with Gasteiger partial charge in [-0.1, -0.05) is 23.8 Å². The molecule has 0 aliphatic heterocycles. The Morgan fingerprint density at radius 2 is 2.00 bits per heavy atom. The van der Waals surface area contributed by atoms with Gasteiger partial charge in [0.2, 0.25) is 0 Å². The molecule has 0 fully saturated rings. The second-order valence-corrected chi connectivity index (χ2v) is 4.51. The molecule has 2 rings (SSSR count). The first-order chi connectivity index (χ1) is 9.02. The fourth-order valence-electron chi connectivity index (χ4n) is 2.20. The fourth-order valence-corrected chi connectivity index (χ4v) is 2.20. The summed E-state index contributed by atoms with van der Waals surface area (Å²) < 4.78 is 5.28. The van der Waals surface area contributed by atoms with Gasteiger partial charge in [-0.05, 0) is 38.1 Å². The minimum atomic E-state index is -0.530. The number of rotatable bonds is 4. The van der Waals surface area contributed by atoms with Gasteiger partial charge in [-0.3, -0.25) is 10.1 Å². The van der Waals surface area contributed by atoms with Crippen molar-refractivity contribution < 1.29 is 9.34 Å². The summed E-state index contributed by atoms with van der Waals surface area (Å²) in [6.45, 7) is 4.05. The van der Waals surface area contributed by atoms with Gasteiger partial charge in [-0.2, -0.15) is 0 Å². The van der Waals surface area contributed by atoms with E-state index in [0.717, 1.165) is 11.1 Å². The highest BCUT2D eigenvalue weighted by molar-refractivity contribution is 5.37. The Hall–Kier alpha value is -2.14. The van der Waals surface area contributed by atoms with E-state index < -0.39 is 4.92 Å². The van der Waals surface area contributed by atoms with Gasteiger partial charge < -0.3 is 9.73 Å². The summed E-state index contributed by atoms with van der Waals surface area (Å²) in [5.74, 6) is 0.307. The summed E-state index contributed by atoms with van der Waals surface area (Å²) in [6, 6.07) is 8.94. The Bertz CT molecular complexity index is 604. The topological polar surface area (TPSA) is 68.3 Å². The molecule has 0 saturated heterocycles. The average Bonchev–Trinajstić information content (AvgIpc) is 2.82. The SMILES string of the molecule is CNC(c1ccc([N+](=O)[O-])o1)c1ccc(C)cc1C. The summed E-state index contributed by atoms with van der Waals surface area (Å²) in [7, 11) is 1.80. The molecule has 0 spiro atoms. The van der Waals surface area contributed by atoms with Crippen molar-refractivity contribution in [2.45, 2.75) is 19.9 Å². The molecule has 5 nitrogen and oxygen atoms in total. The van der Waals surface area contributed by atoms with Crippen LogP contribution >= 0.6 is 0 Å². The molecule has 1 N–H and O–H groups in total. The largest absolute Gasteiger partial charge is 0.433 e. The zero-order valence-electron chi connectivity index (χ0n) is 11.1. The first-order valence-electron chi connectivity index (χ1n) is 6.01. The zero-order chi connectivity index (χ0) is 14.0. The number of benzene rings is 1. The van der Waals surface area contributed by atoms with Gasteiger partial charge in [-0.15, -0.1) is 0 Å². The molecule has 1 aromatic heterocycles. The van der Waals surface area contributed by atoms with Crippen molar-refractivity contribution in [2.24, 2.45) is 0 Å². The Balaban J connectivity index is 2.40. The Morgan fingerprint density at radius 1 is 1.26 bits per heavy atom. The Kier molecular flexibility index (Phi) is 3.66. The normalized spacial score (nSPS) is 12.4. The first-order valence-corrected chi connectivity index (χ1v) is 6.01. The summed E-state index contributed by atoms with van der Waals surface area (Å²) >= 11 is 0. The maximum Gasteiger partial charge on any atom is 0.433 e. The lowest BCUT2D eigenvalue weighted by molar-refractivity contribution is -0.402. The highest BCUT2D eigenvalue weighted by Crippen LogP contribution is 2.28. The van der Waals surface area contributed by atoms with E-state index in [4.69, 9.17) is 4.42 Å². The number of nitro groups is 1. The number of nitrogens with one attached hydrogen (secondary N) is 1. The van der Waals surface area contributed by atoms with Gasteiger partial charge in [0.05, 0.1) is 12.1 Å². The molecule has 2 aromatic rings. The van der Waals surface area contributed by atoms with Crippen LogP contribution in [0.15, 0.2) is 34.7 Å². The maximum absolute atomic E-state index is 10.7. The van der Waals surface area contributed by atoms with Crippen LogP contribution in [0, 0.1) is 24.0 Å². The molecule has 1 heterocycles. The molecule has 1 atom stereocenters. The van der Waals surface area contributed by atoms with Crippen molar-refractivity contribution in [3.05, 3.63) is 62.9 Å². The van der Waals surface area contributed by atoms with Gasteiger partial charge >= 0.3 is 5.88 Å². The fraction of sp³-hybridized carbons (Fsp3) is 0.286. The predicted molar refractivity (Wildman–Crippen MR) is 72.2 cm³/mol. The standard InChI is InChI=1S/C14H16N2O3/c1-9-4-5-11(10(2)8-9)14(15-3)12-6-7-13(19-12)16(17)18/h4-8,14-15H,1-3H3. The summed E-state index contributed by atoms with van der Waals surface area (Å²) in [5, 5.41) is 13.8. The quantitative estimate of drug-likeness (QED) is 0.677. The molecular weight excluding hydrogens is 244 g/mol. The monoisotopic (exact) mass is 260 g/mol. The third-order valence-corrected chi connectivity index (χ3v) is 3.10. The highest BCUT2D eigenvalue weighted by atomic mass is 16.6. The van der Waals surface area contributed by atoms with E-state index in [9.17, 15) is 10.1 Å². The molecule has 1 aromatic carbocycles. The molecule has 5 heteroatoms. The molecule has 0 saturated carbocycles. The number of hydrogen-bond donors (Lipinski definition) is 1. The lowest BCUT2D eigenvalue weighted by atomic mass is 9.98. The van der Waals surface area contributed by atoms with Crippen LogP contribution in [0.4, 0.5) is 5.88 Å². The van der Waals surface area contributed by atoms with E-state index in [1.165, 1.54) is 11.6 Å². The zero-order valence-corrected chi connectivity index (χ0v) is 11.1. The second kappa shape index (κ2) is 5.24. The Morgan fingerprint density at radius 3 is 2.53 bits per heavy atom. The van der Waals surface area contributed by atoms with Crippen LogP contribution in [0.3, 0.4) is 0 Å². The molecule has 0 radical (unpaired) electrons. The predicted octanol–water partition coefficient (Wildman–Crippen LogP) is 3.11. The van der Waals surface area contributed by atoms with Crippen molar-refractivity contribution in [3.63, 3.8) is 0 Å².